The minimum atomic E-state index is -0.118. The maximum Gasteiger partial charge on any atom is 0.306 e. The van der Waals surface area contributed by atoms with E-state index in [9.17, 15) is 9.59 Å². The number of hydrogen-bond donors (Lipinski definition) is 0. The van der Waals surface area contributed by atoms with Gasteiger partial charge in [0.05, 0.1) is 13.2 Å². The molecule has 0 aliphatic heterocycles. The van der Waals surface area contributed by atoms with Crippen molar-refractivity contribution in [1.29, 1.82) is 0 Å². The van der Waals surface area contributed by atoms with Crippen LogP contribution in [0.25, 0.3) is 0 Å². The Labute approximate surface area is 320 Å². The van der Waals surface area contributed by atoms with E-state index in [1.807, 2.05) is 19.9 Å². The summed E-state index contributed by atoms with van der Waals surface area (Å²) in [6, 6.07) is 0. The number of carbonyl (C=O) groups excluding carboxylic acids is 2. The first-order valence-electron chi connectivity index (χ1n) is 20.1. The Morgan fingerprint density at radius 2 is 0.615 bits per heavy atom. The lowest BCUT2D eigenvalue weighted by Crippen LogP contribution is -2.02. The van der Waals surface area contributed by atoms with Crippen molar-refractivity contribution >= 4 is 11.9 Å². The average Bonchev–Trinajstić information content (AvgIpc) is 3.14. The van der Waals surface area contributed by atoms with Crippen molar-refractivity contribution in [2.24, 2.45) is 0 Å². The largest absolute Gasteiger partial charge is 0.466 e. The van der Waals surface area contributed by atoms with Crippen molar-refractivity contribution in [3.63, 3.8) is 0 Å². The Kier molecular flexibility index (Phi) is 45.4. The van der Waals surface area contributed by atoms with Crippen molar-refractivity contribution in [2.75, 3.05) is 13.2 Å². The van der Waals surface area contributed by atoms with Gasteiger partial charge in [0.2, 0.25) is 0 Å². The summed E-state index contributed by atoms with van der Waals surface area (Å²) in [7, 11) is 0. The molecule has 4 heteroatoms. The lowest BCUT2D eigenvalue weighted by atomic mass is 10.1. The lowest BCUT2D eigenvalue weighted by Gasteiger charge is -2.00. The fourth-order valence-corrected chi connectivity index (χ4v) is 4.38. The number of carbonyl (C=O) groups is 2. The van der Waals surface area contributed by atoms with Gasteiger partial charge in [-0.1, -0.05) is 154 Å². The number of esters is 2. The summed E-state index contributed by atoms with van der Waals surface area (Å²) in [5.41, 5.74) is 0. The molecular weight excluding hydrogens is 641 g/mol. The number of unbranched alkanes of at least 4 members (excludes halogenated alkanes) is 3. The van der Waals surface area contributed by atoms with Crippen LogP contribution in [0.15, 0.2) is 134 Å². The molecule has 0 spiro atoms. The van der Waals surface area contributed by atoms with Crippen LogP contribution in [0, 0.1) is 0 Å². The third kappa shape index (κ3) is 48.2. The van der Waals surface area contributed by atoms with Crippen LogP contribution in [0.3, 0.4) is 0 Å². The van der Waals surface area contributed by atoms with Crippen molar-refractivity contribution in [1.82, 2.24) is 0 Å². The summed E-state index contributed by atoms with van der Waals surface area (Å²) in [6.07, 6.45) is 65.5. The number of ether oxygens (including phenoxy) is 2. The Morgan fingerprint density at radius 1 is 0.327 bits per heavy atom. The Bertz CT molecular complexity index is 1120. The summed E-state index contributed by atoms with van der Waals surface area (Å²) < 4.78 is 9.78. The standard InChI is InChI=1S/C24H38O2.C24H36O2/c2*1-3-5-6-7-8-9-10-11-12-13-14-15-16-17-18-19-20-21-22-23-24(25)26-4-2/h5-6,8-9,11-12,14-15,17-18H,3-4,7,10,13,16,19-23H2,1-2H3;5-6,8-9,11-12,14-15,17-18,20-21H,3-4,7,10,13,16,19,22-23H2,1-2H3/b6-5-,9-8-,12-11-,15-14-,18-17-;6-5-,9-8-,12-11-,15-14-,18-17-,21-20-. The highest BCUT2D eigenvalue weighted by molar-refractivity contribution is 5.69. The van der Waals surface area contributed by atoms with Crippen molar-refractivity contribution < 1.29 is 19.1 Å². The molecule has 0 N–H and O–H groups in total. The van der Waals surface area contributed by atoms with E-state index in [4.69, 9.17) is 9.47 Å². The average molecular weight is 715 g/mol. The molecular formula is C48H74O4. The second-order valence-corrected chi connectivity index (χ2v) is 11.9. The molecule has 0 aromatic carbocycles. The molecule has 52 heavy (non-hydrogen) atoms. The first-order valence-corrected chi connectivity index (χ1v) is 20.1. The van der Waals surface area contributed by atoms with Crippen LogP contribution in [0.1, 0.15) is 143 Å². The molecule has 0 amide bonds. The molecule has 0 atom stereocenters. The quantitative estimate of drug-likeness (QED) is 0.0407. The molecule has 0 aromatic rings. The van der Waals surface area contributed by atoms with Crippen LogP contribution >= 0.6 is 0 Å². The van der Waals surface area contributed by atoms with E-state index in [0.29, 0.717) is 26.1 Å². The lowest BCUT2D eigenvalue weighted by molar-refractivity contribution is -0.144. The first-order chi connectivity index (χ1) is 25.6. The van der Waals surface area contributed by atoms with Gasteiger partial charge in [-0.05, 0) is 110 Å². The van der Waals surface area contributed by atoms with Crippen LogP contribution in [0.2, 0.25) is 0 Å². The molecule has 0 rings (SSSR count). The van der Waals surface area contributed by atoms with Gasteiger partial charge in [0, 0.05) is 12.8 Å². The SMILES string of the molecule is CC/C=C\C/C=C\C/C=C\C/C=C\C/C=C\C/C=C\CCC(=O)OCC.CC/C=C\C/C=C\C/C=C\C/C=C\C/C=C\CCCCCC(=O)OCC. The molecule has 4 nitrogen and oxygen atoms in total. The highest BCUT2D eigenvalue weighted by Crippen LogP contribution is 2.05. The van der Waals surface area contributed by atoms with Crippen LogP contribution < -0.4 is 0 Å². The van der Waals surface area contributed by atoms with E-state index >= 15 is 0 Å². The molecule has 0 unspecified atom stereocenters. The number of rotatable bonds is 31. The molecule has 0 bridgehead atoms. The van der Waals surface area contributed by atoms with Gasteiger partial charge in [-0.15, -0.1) is 0 Å². The van der Waals surface area contributed by atoms with Gasteiger partial charge in [-0.2, -0.15) is 0 Å². The Hall–Kier alpha value is -3.92. The maximum atomic E-state index is 11.2. The van der Waals surface area contributed by atoms with Gasteiger partial charge in [0.1, 0.15) is 0 Å². The second kappa shape index (κ2) is 47.1. The van der Waals surface area contributed by atoms with Crippen molar-refractivity contribution in [3.05, 3.63) is 134 Å². The summed E-state index contributed by atoms with van der Waals surface area (Å²) in [6.45, 7) is 8.93. The van der Waals surface area contributed by atoms with Gasteiger partial charge in [0.15, 0.2) is 0 Å². The monoisotopic (exact) mass is 715 g/mol. The van der Waals surface area contributed by atoms with E-state index in [0.717, 1.165) is 103 Å². The zero-order valence-electron chi connectivity index (χ0n) is 33.5. The summed E-state index contributed by atoms with van der Waals surface area (Å²) in [4.78, 5) is 22.3. The molecule has 290 valence electrons. The highest BCUT2D eigenvalue weighted by Gasteiger charge is 1.99. The number of hydrogen-bond acceptors (Lipinski definition) is 4. The minimum Gasteiger partial charge on any atom is -0.466 e. The zero-order valence-corrected chi connectivity index (χ0v) is 33.5. The Balaban J connectivity index is 0. The predicted octanol–water partition coefficient (Wildman–Crippen LogP) is 14.3. The third-order valence-corrected chi connectivity index (χ3v) is 7.13. The molecule has 0 aliphatic carbocycles. The topological polar surface area (TPSA) is 52.6 Å². The van der Waals surface area contributed by atoms with Gasteiger partial charge < -0.3 is 9.47 Å². The zero-order chi connectivity index (χ0) is 38.3. The summed E-state index contributed by atoms with van der Waals surface area (Å²) in [5.74, 6) is -0.186. The predicted molar refractivity (Wildman–Crippen MR) is 228 cm³/mol. The first kappa shape index (κ1) is 50.2. The molecule has 0 aromatic heterocycles. The van der Waals surface area contributed by atoms with E-state index in [1.165, 1.54) is 0 Å². The van der Waals surface area contributed by atoms with Crippen LogP contribution in [0.4, 0.5) is 0 Å². The van der Waals surface area contributed by atoms with Gasteiger partial charge in [0.25, 0.3) is 0 Å². The summed E-state index contributed by atoms with van der Waals surface area (Å²) >= 11 is 0. The van der Waals surface area contributed by atoms with Crippen LogP contribution in [-0.2, 0) is 19.1 Å². The molecule has 0 aliphatic rings. The highest BCUT2D eigenvalue weighted by atomic mass is 16.5. The maximum absolute atomic E-state index is 11.2. The van der Waals surface area contributed by atoms with Crippen molar-refractivity contribution in [2.45, 2.75) is 143 Å². The minimum absolute atomic E-state index is 0.0672. The molecule has 0 heterocycles. The fourth-order valence-electron chi connectivity index (χ4n) is 4.38. The van der Waals surface area contributed by atoms with Crippen molar-refractivity contribution in [3.8, 4) is 0 Å². The fraction of sp³-hybridized carbons (Fsp3) is 0.500. The van der Waals surface area contributed by atoms with Gasteiger partial charge >= 0.3 is 11.9 Å². The molecule has 0 fully saturated rings. The van der Waals surface area contributed by atoms with Crippen LogP contribution in [-0.4, -0.2) is 25.2 Å². The molecule has 0 saturated carbocycles. The van der Waals surface area contributed by atoms with E-state index in [1.54, 1.807) is 0 Å². The number of allylic oxidation sites excluding steroid dienone is 22. The second-order valence-electron chi connectivity index (χ2n) is 11.9. The van der Waals surface area contributed by atoms with Gasteiger partial charge in [-0.3, -0.25) is 9.59 Å². The summed E-state index contributed by atoms with van der Waals surface area (Å²) in [5, 5.41) is 0. The third-order valence-electron chi connectivity index (χ3n) is 7.13. The molecule has 0 saturated heterocycles. The van der Waals surface area contributed by atoms with E-state index in [2.05, 4.69) is 141 Å². The van der Waals surface area contributed by atoms with E-state index < -0.39 is 0 Å². The Morgan fingerprint density at radius 3 is 0.942 bits per heavy atom. The normalized spacial score (nSPS) is 12.7. The smallest absolute Gasteiger partial charge is 0.306 e. The molecule has 0 radical (unpaired) electrons. The van der Waals surface area contributed by atoms with Gasteiger partial charge in [-0.25, -0.2) is 0 Å². The van der Waals surface area contributed by atoms with E-state index in [-0.39, 0.29) is 11.9 Å². The van der Waals surface area contributed by atoms with Crippen LogP contribution in [0.5, 0.6) is 0 Å².